The Labute approximate surface area is 153 Å². The fourth-order valence-electron chi connectivity index (χ4n) is 3.17. The molecule has 0 amide bonds. The molecule has 0 fully saturated rings. The van der Waals surface area contributed by atoms with Gasteiger partial charge < -0.3 is 9.72 Å². The lowest BCUT2D eigenvalue weighted by Crippen LogP contribution is -1.88. The van der Waals surface area contributed by atoms with Crippen LogP contribution in [0.3, 0.4) is 0 Å². The molecule has 5 aromatic rings. The molecule has 2 N–H and O–H groups in total. The van der Waals surface area contributed by atoms with Gasteiger partial charge in [-0.15, -0.1) is 0 Å². The van der Waals surface area contributed by atoms with Gasteiger partial charge in [-0.25, -0.2) is 19.9 Å². The van der Waals surface area contributed by atoms with E-state index in [1.54, 1.807) is 25.7 Å². The highest BCUT2D eigenvalue weighted by Gasteiger charge is 2.15. The standard InChI is InChI=1S/C19H15N7O/c1-27-9-11-3-2-4-15-16(11)24-19(23-15)17-14-5-12(8-22-18(14)26-25-17)13-6-20-10-21-7-13/h2-8,10H,9H2,1H3,(H,23,24)(H,22,25,26). The molecule has 5 rings (SSSR count). The molecule has 0 radical (unpaired) electrons. The van der Waals surface area contributed by atoms with Crippen LogP contribution in [0.2, 0.25) is 0 Å². The lowest BCUT2D eigenvalue weighted by atomic mass is 10.1. The average Bonchev–Trinajstić information content (AvgIpc) is 3.32. The minimum absolute atomic E-state index is 0.505. The number of pyridine rings is 1. The summed E-state index contributed by atoms with van der Waals surface area (Å²) in [5, 5.41) is 8.24. The highest BCUT2D eigenvalue weighted by molar-refractivity contribution is 5.93. The van der Waals surface area contributed by atoms with Crippen molar-refractivity contribution < 1.29 is 4.74 Å². The maximum Gasteiger partial charge on any atom is 0.181 e. The first-order chi connectivity index (χ1) is 13.3. The van der Waals surface area contributed by atoms with Crippen molar-refractivity contribution in [3.63, 3.8) is 0 Å². The lowest BCUT2D eigenvalue weighted by molar-refractivity contribution is 0.186. The number of imidazole rings is 1. The van der Waals surface area contributed by atoms with Crippen molar-refractivity contribution >= 4 is 22.1 Å². The van der Waals surface area contributed by atoms with Gasteiger partial charge in [0.2, 0.25) is 0 Å². The molecule has 132 valence electrons. The Hall–Kier alpha value is -3.65. The Morgan fingerprint density at radius 1 is 1.07 bits per heavy atom. The first-order valence-corrected chi connectivity index (χ1v) is 8.40. The molecule has 1 aromatic carbocycles. The molecule has 8 heteroatoms. The largest absolute Gasteiger partial charge is 0.380 e. The van der Waals surface area contributed by atoms with Gasteiger partial charge >= 0.3 is 0 Å². The number of para-hydroxylation sites is 1. The number of aromatic nitrogens is 7. The number of benzene rings is 1. The highest BCUT2D eigenvalue weighted by atomic mass is 16.5. The van der Waals surface area contributed by atoms with Crippen molar-refractivity contribution in [2.45, 2.75) is 6.61 Å². The van der Waals surface area contributed by atoms with E-state index < -0.39 is 0 Å². The van der Waals surface area contributed by atoms with E-state index in [4.69, 9.17) is 9.72 Å². The van der Waals surface area contributed by atoms with Gasteiger partial charge in [0.05, 0.1) is 23.0 Å². The molecule has 0 unspecified atom stereocenters. The summed E-state index contributed by atoms with van der Waals surface area (Å²) in [5.41, 5.74) is 6.09. The van der Waals surface area contributed by atoms with Gasteiger partial charge in [0.25, 0.3) is 0 Å². The number of hydrogen-bond acceptors (Lipinski definition) is 6. The molecular weight excluding hydrogens is 342 g/mol. The molecule has 4 aromatic heterocycles. The first-order valence-electron chi connectivity index (χ1n) is 8.40. The molecule has 0 aliphatic rings. The third kappa shape index (κ3) is 2.63. The number of fused-ring (bicyclic) bond motifs is 2. The number of hydrogen-bond donors (Lipinski definition) is 2. The Bertz CT molecular complexity index is 1240. The summed E-state index contributed by atoms with van der Waals surface area (Å²) in [6.07, 6.45) is 6.79. The molecule has 0 atom stereocenters. The normalized spacial score (nSPS) is 11.4. The average molecular weight is 357 g/mol. The quantitative estimate of drug-likeness (QED) is 0.512. The van der Waals surface area contributed by atoms with Crippen LogP contribution >= 0.6 is 0 Å². The van der Waals surface area contributed by atoms with Crippen LogP contribution in [0.25, 0.3) is 44.7 Å². The Kier molecular flexibility index (Phi) is 3.61. The number of ether oxygens (including phenoxy) is 1. The van der Waals surface area contributed by atoms with E-state index in [9.17, 15) is 0 Å². The van der Waals surface area contributed by atoms with E-state index in [1.807, 2.05) is 24.3 Å². The summed E-state index contributed by atoms with van der Waals surface area (Å²) in [4.78, 5) is 20.7. The maximum absolute atomic E-state index is 5.28. The molecule has 0 saturated carbocycles. The summed E-state index contributed by atoms with van der Waals surface area (Å²) in [7, 11) is 1.68. The van der Waals surface area contributed by atoms with Crippen molar-refractivity contribution in [3.8, 4) is 22.6 Å². The lowest BCUT2D eigenvalue weighted by Gasteiger charge is -2.00. The van der Waals surface area contributed by atoms with Gasteiger partial charge in [-0.05, 0) is 12.1 Å². The predicted octanol–water partition coefficient (Wildman–Crippen LogP) is 3.10. The first kappa shape index (κ1) is 15.6. The second-order valence-corrected chi connectivity index (χ2v) is 6.15. The highest BCUT2D eigenvalue weighted by Crippen LogP contribution is 2.29. The Morgan fingerprint density at radius 2 is 1.96 bits per heavy atom. The fraction of sp³-hybridized carbons (Fsp3) is 0.105. The van der Waals surface area contributed by atoms with E-state index in [0.717, 1.165) is 38.8 Å². The minimum Gasteiger partial charge on any atom is -0.380 e. The summed E-state index contributed by atoms with van der Waals surface area (Å²) in [5.74, 6) is 0.708. The van der Waals surface area contributed by atoms with Crippen LogP contribution in [-0.4, -0.2) is 42.2 Å². The predicted molar refractivity (Wildman–Crippen MR) is 101 cm³/mol. The van der Waals surface area contributed by atoms with Gasteiger partial charge in [0, 0.05) is 42.4 Å². The zero-order valence-corrected chi connectivity index (χ0v) is 14.5. The minimum atomic E-state index is 0.505. The smallest absolute Gasteiger partial charge is 0.181 e. The van der Waals surface area contributed by atoms with Crippen molar-refractivity contribution in [1.29, 1.82) is 0 Å². The maximum atomic E-state index is 5.28. The van der Waals surface area contributed by atoms with Crippen LogP contribution in [0.5, 0.6) is 0 Å². The molecule has 0 bridgehead atoms. The molecule has 4 heterocycles. The second-order valence-electron chi connectivity index (χ2n) is 6.15. The number of nitrogens with zero attached hydrogens (tertiary/aromatic N) is 5. The number of aromatic amines is 2. The fourth-order valence-corrected chi connectivity index (χ4v) is 3.17. The third-order valence-electron chi connectivity index (χ3n) is 4.44. The molecule has 0 spiro atoms. The van der Waals surface area contributed by atoms with Gasteiger partial charge in [-0.1, -0.05) is 12.1 Å². The van der Waals surface area contributed by atoms with Crippen molar-refractivity contribution in [2.24, 2.45) is 0 Å². The van der Waals surface area contributed by atoms with E-state index >= 15 is 0 Å². The van der Waals surface area contributed by atoms with Crippen LogP contribution in [0, 0.1) is 0 Å². The van der Waals surface area contributed by atoms with Crippen molar-refractivity contribution in [2.75, 3.05) is 7.11 Å². The van der Waals surface area contributed by atoms with E-state index in [1.165, 1.54) is 6.33 Å². The van der Waals surface area contributed by atoms with Gasteiger partial charge in [0.15, 0.2) is 11.5 Å². The Morgan fingerprint density at radius 3 is 2.81 bits per heavy atom. The van der Waals surface area contributed by atoms with Crippen LogP contribution in [0.1, 0.15) is 5.56 Å². The zero-order chi connectivity index (χ0) is 18.2. The van der Waals surface area contributed by atoms with E-state index in [2.05, 4.69) is 30.1 Å². The summed E-state index contributed by atoms with van der Waals surface area (Å²) < 4.78 is 5.28. The second kappa shape index (κ2) is 6.26. The number of methoxy groups -OCH3 is 1. The van der Waals surface area contributed by atoms with Crippen molar-refractivity contribution in [1.82, 2.24) is 35.1 Å². The summed E-state index contributed by atoms with van der Waals surface area (Å²) in [6.45, 7) is 0.505. The molecule has 27 heavy (non-hydrogen) atoms. The van der Waals surface area contributed by atoms with Gasteiger partial charge in [-0.2, -0.15) is 5.10 Å². The summed E-state index contributed by atoms with van der Waals surface area (Å²) >= 11 is 0. The monoisotopic (exact) mass is 357 g/mol. The third-order valence-corrected chi connectivity index (χ3v) is 4.44. The molecule has 0 aliphatic heterocycles. The molecule has 8 nitrogen and oxygen atoms in total. The molecule has 0 saturated heterocycles. The van der Waals surface area contributed by atoms with Gasteiger partial charge in [0.1, 0.15) is 12.0 Å². The SMILES string of the molecule is COCc1cccc2[nH]c(-c3[nH]nc4ncc(-c5cncnc5)cc34)nc12. The van der Waals surface area contributed by atoms with Gasteiger partial charge in [-0.3, -0.25) is 5.10 Å². The van der Waals surface area contributed by atoms with E-state index in [0.29, 0.717) is 18.1 Å². The topological polar surface area (TPSA) is 105 Å². The van der Waals surface area contributed by atoms with Crippen LogP contribution in [0.15, 0.2) is 49.2 Å². The number of rotatable bonds is 4. The molecular formula is C19H15N7O. The van der Waals surface area contributed by atoms with Crippen LogP contribution in [-0.2, 0) is 11.3 Å². The number of H-pyrrole nitrogens is 2. The zero-order valence-electron chi connectivity index (χ0n) is 14.5. The summed E-state index contributed by atoms with van der Waals surface area (Å²) in [6, 6.07) is 8.01. The number of nitrogens with one attached hydrogen (secondary N) is 2. The van der Waals surface area contributed by atoms with Crippen LogP contribution in [0.4, 0.5) is 0 Å². The van der Waals surface area contributed by atoms with E-state index in [-0.39, 0.29) is 0 Å². The van der Waals surface area contributed by atoms with Crippen molar-refractivity contribution in [3.05, 3.63) is 54.7 Å². The molecule has 0 aliphatic carbocycles. The van der Waals surface area contributed by atoms with Crippen LogP contribution < -0.4 is 0 Å². The Balaban J connectivity index is 1.67.